The van der Waals surface area contributed by atoms with Crippen molar-refractivity contribution in [1.82, 2.24) is 15.3 Å². The van der Waals surface area contributed by atoms with Gasteiger partial charge in [0.15, 0.2) is 5.82 Å². The number of hydrogen-bond donors (Lipinski definition) is 3. The number of hydrogen-bond acceptors (Lipinski definition) is 5. The van der Waals surface area contributed by atoms with Crippen molar-refractivity contribution < 1.29 is 4.79 Å². The number of carbonyl (C=O) groups is 1. The molecule has 1 amide bonds. The predicted octanol–water partition coefficient (Wildman–Crippen LogP) is 2.63. The van der Waals surface area contributed by atoms with Crippen LogP contribution in [0, 0.1) is 0 Å². The summed E-state index contributed by atoms with van der Waals surface area (Å²) in [6.45, 7) is 2.92. The van der Waals surface area contributed by atoms with E-state index < -0.39 is 0 Å². The molecule has 118 valence electrons. The fourth-order valence-electron chi connectivity index (χ4n) is 2.07. The minimum absolute atomic E-state index is 0.186. The number of unbranched alkanes of at least 4 members (excludes halogenated alkanes) is 7. The summed E-state index contributed by atoms with van der Waals surface area (Å²) in [5.41, 5.74) is 2.69. The van der Waals surface area contributed by atoms with Crippen molar-refractivity contribution in [1.29, 1.82) is 0 Å². The Balaban J connectivity index is 2.05. The van der Waals surface area contributed by atoms with Gasteiger partial charge in [0.25, 0.3) is 5.91 Å². The van der Waals surface area contributed by atoms with Gasteiger partial charge in [0.2, 0.25) is 0 Å². The molecule has 0 aromatic carbocycles. The van der Waals surface area contributed by atoms with Gasteiger partial charge in [0.1, 0.15) is 5.69 Å². The van der Waals surface area contributed by atoms with Crippen LogP contribution >= 0.6 is 0 Å². The van der Waals surface area contributed by atoms with Gasteiger partial charge in [-0.2, -0.15) is 0 Å². The highest BCUT2D eigenvalue weighted by atomic mass is 16.1. The summed E-state index contributed by atoms with van der Waals surface area (Å²) in [5, 5.41) is 2.85. The van der Waals surface area contributed by atoms with E-state index in [2.05, 4.69) is 27.6 Å². The lowest BCUT2D eigenvalue weighted by Crippen LogP contribution is -2.25. The Labute approximate surface area is 126 Å². The SMILES string of the molecule is CCCCCCCCCCNC(=O)c1cnc(NN)cn1. The van der Waals surface area contributed by atoms with Crippen molar-refractivity contribution in [3.8, 4) is 0 Å². The smallest absolute Gasteiger partial charge is 0.271 e. The summed E-state index contributed by atoms with van der Waals surface area (Å²) >= 11 is 0. The number of nitrogens with zero attached hydrogens (tertiary/aromatic N) is 2. The molecule has 4 N–H and O–H groups in total. The summed E-state index contributed by atoms with van der Waals surface area (Å²) in [5.74, 6) is 5.44. The Bertz CT molecular complexity index is 394. The molecule has 0 radical (unpaired) electrons. The number of aromatic nitrogens is 2. The van der Waals surface area contributed by atoms with Crippen LogP contribution in [0.4, 0.5) is 5.82 Å². The zero-order chi connectivity index (χ0) is 15.3. The van der Waals surface area contributed by atoms with E-state index in [1.165, 1.54) is 50.9 Å². The number of carbonyl (C=O) groups excluding carboxylic acids is 1. The van der Waals surface area contributed by atoms with Crippen molar-refractivity contribution in [3.05, 3.63) is 18.1 Å². The van der Waals surface area contributed by atoms with Crippen molar-refractivity contribution >= 4 is 11.7 Å². The van der Waals surface area contributed by atoms with Gasteiger partial charge in [-0.05, 0) is 6.42 Å². The molecule has 0 unspecified atom stereocenters. The fourth-order valence-corrected chi connectivity index (χ4v) is 2.07. The molecule has 1 aromatic rings. The van der Waals surface area contributed by atoms with Gasteiger partial charge < -0.3 is 10.7 Å². The van der Waals surface area contributed by atoms with Gasteiger partial charge >= 0.3 is 0 Å². The van der Waals surface area contributed by atoms with E-state index in [0.29, 0.717) is 18.1 Å². The number of hydrazine groups is 1. The third-order valence-corrected chi connectivity index (χ3v) is 3.35. The van der Waals surface area contributed by atoms with E-state index in [0.717, 1.165) is 12.8 Å². The second-order valence-corrected chi connectivity index (χ2v) is 5.16. The highest BCUT2D eigenvalue weighted by Crippen LogP contribution is 2.08. The first-order chi connectivity index (χ1) is 10.3. The average Bonchev–Trinajstić information content (AvgIpc) is 2.53. The van der Waals surface area contributed by atoms with Crippen LogP contribution < -0.4 is 16.6 Å². The number of amides is 1. The van der Waals surface area contributed by atoms with Crippen LogP contribution in [-0.2, 0) is 0 Å². The number of nitrogens with one attached hydrogen (secondary N) is 2. The van der Waals surface area contributed by atoms with Gasteiger partial charge in [-0.1, -0.05) is 51.9 Å². The molecule has 0 atom stereocenters. The van der Waals surface area contributed by atoms with Gasteiger partial charge in [-0.15, -0.1) is 0 Å². The van der Waals surface area contributed by atoms with E-state index in [-0.39, 0.29) is 5.91 Å². The Hall–Kier alpha value is -1.69. The molecule has 0 aliphatic heterocycles. The molecule has 6 nitrogen and oxygen atoms in total. The van der Waals surface area contributed by atoms with Crippen LogP contribution in [-0.4, -0.2) is 22.4 Å². The highest BCUT2D eigenvalue weighted by molar-refractivity contribution is 5.91. The van der Waals surface area contributed by atoms with Crippen molar-refractivity contribution in [2.24, 2.45) is 5.84 Å². The quantitative estimate of drug-likeness (QED) is 0.331. The van der Waals surface area contributed by atoms with Crippen molar-refractivity contribution in [2.75, 3.05) is 12.0 Å². The molecule has 1 heterocycles. The molecule has 0 aliphatic rings. The summed E-state index contributed by atoms with van der Waals surface area (Å²) in [4.78, 5) is 19.7. The van der Waals surface area contributed by atoms with Gasteiger partial charge in [0.05, 0.1) is 12.4 Å². The first kappa shape index (κ1) is 17.4. The van der Waals surface area contributed by atoms with Crippen LogP contribution in [0.25, 0.3) is 0 Å². The van der Waals surface area contributed by atoms with E-state index in [4.69, 9.17) is 5.84 Å². The lowest BCUT2D eigenvalue weighted by molar-refractivity contribution is 0.0947. The normalized spacial score (nSPS) is 10.4. The monoisotopic (exact) mass is 293 g/mol. The molecule has 21 heavy (non-hydrogen) atoms. The minimum Gasteiger partial charge on any atom is -0.351 e. The van der Waals surface area contributed by atoms with Gasteiger partial charge in [-0.25, -0.2) is 15.8 Å². The molecule has 0 saturated carbocycles. The fraction of sp³-hybridized carbons (Fsp3) is 0.667. The van der Waals surface area contributed by atoms with E-state index in [1.807, 2.05) is 0 Å². The first-order valence-electron chi connectivity index (χ1n) is 7.84. The van der Waals surface area contributed by atoms with Crippen LogP contribution in [0.3, 0.4) is 0 Å². The maximum Gasteiger partial charge on any atom is 0.271 e. The lowest BCUT2D eigenvalue weighted by atomic mass is 10.1. The second-order valence-electron chi connectivity index (χ2n) is 5.16. The van der Waals surface area contributed by atoms with Crippen molar-refractivity contribution in [2.45, 2.75) is 58.3 Å². The number of nitrogens with two attached hydrogens (primary N) is 1. The molecule has 0 spiro atoms. The van der Waals surface area contributed by atoms with Gasteiger partial charge in [0, 0.05) is 6.54 Å². The molecule has 0 saturated heterocycles. The van der Waals surface area contributed by atoms with Crippen LogP contribution in [0.15, 0.2) is 12.4 Å². The summed E-state index contributed by atoms with van der Waals surface area (Å²) in [6, 6.07) is 0. The van der Waals surface area contributed by atoms with E-state index in [9.17, 15) is 4.79 Å². The summed E-state index contributed by atoms with van der Waals surface area (Å²) in [6.07, 6.45) is 12.9. The molecule has 0 fully saturated rings. The minimum atomic E-state index is -0.186. The zero-order valence-electron chi connectivity index (χ0n) is 12.9. The Kier molecular flexibility index (Phi) is 9.11. The Morgan fingerprint density at radius 2 is 1.71 bits per heavy atom. The third kappa shape index (κ3) is 7.60. The first-order valence-corrected chi connectivity index (χ1v) is 7.84. The molecular weight excluding hydrogens is 266 g/mol. The van der Waals surface area contributed by atoms with E-state index >= 15 is 0 Å². The molecular formula is C15H27N5O. The van der Waals surface area contributed by atoms with E-state index in [1.54, 1.807) is 0 Å². The number of rotatable bonds is 11. The topological polar surface area (TPSA) is 92.9 Å². The molecule has 6 heteroatoms. The summed E-state index contributed by atoms with van der Waals surface area (Å²) < 4.78 is 0. The Morgan fingerprint density at radius 1 is 1.05 bits per heavy atom. The lowest BCUT2D eigenvalue weighted by Gasteiger charge is -2.05. The number of anilines is 1. The second kappa shape index (κ2) is 11.0. The largest absolute Gasteiger partial charge is 0.351 e. The van der Waals surface area contributed by atoms with Crippen LogP contribution in [0.1, 0.15) is 68.8 Å². The van der Waals surface area contributed by atoms with Crippen LogP contribution in [0.5, 0.6) is 0 Å². The standard InChI is InChI=1S/C15H27N5O/c1-2-3-4-5-6-7-8-9-10-17-15(21)13-11-19-14(20-16)12-18-13/h11-12H,2-10,16H2,1H3,(H,17,21)(H,19,20). The third-order valence-electron chi connectivity index (χ3n) is 3.35. The molecule has 1 rings (SSSR count). The summed E-state index contributed by atoms with van der Waals surface area (Å²) in [7, 11) is 0. The number of nitrogen functional groups attached to an aromatic ring is 1. The van der Waals surface area contributed by atoms with Crippen molar-refractivity contribution in [3.63, 3.8) is 0 Å². The maximum atomic E-state index is 11.8. The highest BCUT2D eigenvalue weighted by Gasteiger charge is 2.06. The maximum absolute atomic E-state index is 11.8. The molecule has 1 aromatic heterocycles. The van der Waals surface area contributed by atoms with Gasteiger partial charge in [-0.3, -0.25) is 4.79 Å². The zero-order valence-corrected chi connectivity index (χ0v) is 12.9. The molecule has 0 aliphatic carbocycles. The Morgan fingerprint density at radius 3 is 2.29 bits per heavy atom. The predicted molar refractivity (Wildman–Crippen MR) is 84.8 cm³/mol. The van der Waals surface area contributed by atoms with Crippen LogP contribution in [0.2, 0.25) is 0 Å². The molecule has 0 bridgehead atoms. The average molecular weight is 293 g/mol.